The summed E-state index contributed by atoms with van der Waals surface area (Å²) in [5.74, 6) is 0. The van der Waals surface area contributed by atoms with Gasteiger partial charge in [0.05, 0.1) is 6.10 Å². The van der Waals surface area contributed by atoms with Crippen molar-refractivity contribution in [2.75, 3.05) is 6.61 Å². The zero-order valence-electron chi connectivity index (χ0n) is 8.20. The monoisotopic (exact) mass is 186 g/mol. The van der Waals surface area contributed by atoms with Crippen LogP contribution in [0.3, 0.4) is 0 Å². The van der Waals surface area contributed by atoms with Gasteiger partial charge in [-0.1, -0.05) is 0 Å². The van der Waals surface area contributed by atoms with Crippen LogP contribution in [0.1, 0.15) is 39.0 Å². The van der Waals surface area contributed by atoms with E-state index < -0.39 is 0 Å². The van der Waals surface area contributed by atoms with E-state index in [1.807, 2.05) is 6.92 Å². The molecule has 0 bridgehead atoms. The molecule has 0 aromatic carbocycles. The van der Waals surface area contributed by atoms with Crippen molar-refractivity contribution < 1.29 is 14.3 Å². The molecule has 1 rings (SSSR count). The van der Waals surface area contributed by atoms with Crippen molar-refractivity contribution in [2.45, 2.75) is 51.4 Å². The number of ether oxygens (including phenoxy) is 2. The third-order valence-electron chi connectivity index (χ3n) is 2.21. The molecular formula is C10H18O3. The third-order valence-corrected chi connectivity index (χ3v) is 2.21. The van der Waals surface area contributed by atoms with Crippen molar-refractivity contribution in [3.05, 3.63) is 0 Å². The van der Waals surface area contributed by atoms with Crippen LogP contribution in [-0.4, -0.2) is 25.3 Å². The summed E-state index contributed by atoms with van der Waals surface area (Å²) < 4.78 is 11.0. The molecule has 13 heavy (non-hydrogen) atoms. The van der Waals surface area contributed by atoms with Crippen LogP contribution >= 0.6 is 0 Å². The quantitative estimate of drug-likeness (QED) is 0.615. The molecule has 3 heteroatoms. The lowest BCUT2D eigenvalue weighted by Crippen LogP contribution is -2.26. The van der Waals surface area contributed by atoms with Crippen LogP contribution in [0.5, 0.6) is 0 Å². The molecule has 0 N–H and O–H groups in total. The van der Waals surface area contributed by atoms with Gasteiger partial charge in [-0.15, -0.1) is 0 Å². The van der Waals surface area contributed by atoms with Gasteiger partial charge in [-0.3, -0.25) is 0 Å². The zero-order chi connectivity index (χ0) is 9.52. The molecule has 0 aromatic heterocycles. The van der Waals surface area contributed by atoms with Crippen LogP contribution in [0, 0.1) is 0 Å². The van der Waals surface area contributed by atoms with Gasteiger partial charge in [0.15, 0.2) is 6.29 Å². The Morgan fingerprint density at radius 2 is 2.46 bits per heavy atom. The molecule has 76 valence electrons. The molecule has 0 saturated carbocycles. The standard InChI is InChI=1S/C10H18O3/c1-9(5-4-7-11)13-10-6-2-3-8-12-10/h7,9-10H,2-6,8H2,1H3. The van der Waals surface area contributed by atoms with E-state index in [-0.39, 0.29) is 12.4 Å². The third kappa shape index (κ3) is 4.39. The van der Waals surface area contributed by atoms with Gasteiger partial charge in [-0.2, -0.15) is 0 Å². The summed E-state index contributed by atoms with van der Waals surface area (Å²) in [5.41, 5.74) is 0. The number of hydrogen-bond donors (Lipinski definition) is 0. The fourth-order valence-electron chi connectivity index (χ4n) is 1.45. The van der Waals surface area contributed by atoms with Gasteiger partial charge in [-0.05, 0) is 32.6 Å². The van der Waals surface area contributed by atoms with E-state index in [2.05, 4.69) is 0 Å². The first-order valence-electron chi connectivity index (χ1n) is 5.03. The van der Waals surface area contributed by atoms with Crippen LogP contribution in [0.2, 0.25) is 0 Å². The number of hydrogen-bond acceptors (Lipinski definition) is 3. The summed E-state index contributed by atoms with van der Waals surface area (Å²) in [6, 6.07) is 0. The average Bonchev–Trinajstić information content (AvgIpc) is 2.16. The van der Waals surface area contributed by atoms with Crippen molar-refractivity contribution in [1.82, 2.24) is 0 Å². The van der Waals surface area contributed by atoms with E-state index in [1.165, 1.54) is 6.42 Å². The van der Waals surface area contributed by atoms with Crippen molar-refractivity contribution >= 4 is 6.29 Å². The van der Waals surface area contributed by atoms with E-state index in [0.29, 0.717) is 6.42 Å². The Morgan fingerprint density at radius 3 is 3.08 bits per heavy atom. The number of rotatable bonds is 5. The Balaban J connectivity index is 2.10. The molecule has 0 aliphatic carbocycles. The fourth-order valence-corrected chi connectivity index (χ4v) is 1.45. The van der Waals surface area contributed by atoms with E-state index in [9.17, 15) is 4.79 Å². The van der Waals surface area contributed by atoms with Gasteiger partial charge in [0.1, 0.15) is 6.29 Å². The normalized spacial score (nSPS) is 25.5. The van der Waals surface area contributed by atoms with Crippen LogP contribution in [0.15, 0.2) is 0 Å². The molecule has 0 aromatic rings. The minimum absolute atomic E-state index is 0.0320. The summed E-state index contributed by atoms with van der Waals surface area (Å²) in [5, 5.41) is 0. The summed E-state index contributed by atoms with van der Waals surface area (Å²) in [7, 11) is 0. The Labute approximate surface area is 79.4 Å². The van der Waals surface area contributed by atoms with E-state index in [4.69, 9.17) is 9.47 Å². The van der Waals surface area contributed by atoms with Gasteiger partial charge in [0.25, 0.3) is 0 Å². The number of carbonyl (C=O) groups excluding carboxylic acids is 1. The van der Waals surface area contributed by atoms with Crippen molar-refractivity contribution in [1.29, 1.82) is 0 Å². The molecule has 1 heterocycles. The molecule has 2 unspecified atom stereocenters. The topological polar surface area (TPSA) is 35.5 Å². The van der Waals surface area contributed by atoms with Gasteiger partial charge in [0, 0.05) is 13.0 Å². The molecule has 1 saturated heterocycles. The maximum atomic E-state index is 10.1. The highest BCUT2D eigenvalue weighted by molar-refractivity contribution is 5.49. The lowest BCUT2D eigenvalue weighted by Gasteiger charge is -2.25. The lowest BCUT2D eigenvalue weighted by atomic mass is 10.2. The second kappa shape index (κ2) is 6.11. The first-order valence-corrected chi connectivity index (χ1v) is 5.03. The molecule has 1 fully saturated rings. The molecule has 0 radical (unpaired) electrons. The number of carbonyl (C=O) groups is 1. The molecule has 1 aliphatic rings. The zero-order valence-corrected chi connectivity index (χ0v) is 8.20. The average molecular weight is 186 g/mol. The van der Waals surface area contributed by atoms with E-state index in [0.717, 1.165) is 32.2 Å². The van der Waals surface area contributed by atoms with Gasteiger partial charge in [0.2, 0.25) is 0 Å². The second-order valence-electron chi connectivity index (χ2n) is 3.49. The number of aldehydes is 1. The SMILES string of the molecule is CC(CCC=O)OC1CCCCO1. The summed E-state index contributed by atoms with van der Waals surface area (Å²) in [6.45, 7) is 2.80. The molecule has 0 amide bonds. The first-order chi connectivity index (χ1) is 6.33. The van der Waals surface area contributed by atoms with E-state index >= 15 is 0 Å². The lowest BCUT2D eigenvalue weighted by molar-refractivity contribution is -0.185. The van der Waals surface area contributed by atoms with Crippen LogP contribution in [-0.2, 0) is 14.3 Å². The Bertz CT molecular complexity index is 141. The predicted octanol–water partition coefficient (Wildman–Crippen LogP) is 1.90. The first kappa shape index (κ1) is 10.7. The van der Waals surface area contributed by atoms with E-state index in [1.54, 1.807) is 0 Å². The molecule has 3 nitrogen and oxygen atoms in total. The molecule has 0 spiro atoms. The van der Waals surface area contributed by atoms with Crippen molar-refractivity contribution in [3.63, 3.8) is 0 Å². The Morgan fingerprint density at radius 1 is 1.62 bits per heavy atom. The maximum Gasteiger partial charge on any atom is 0.157 e. The van der Waals surface area contributed by atoms with Crippen molar-refractivity contribution in [2.24, 2.45) is 0 Å². The summed E-state index contributed by atoms with van der Waals surface area (Å²) in [4.78, 5) is 10.1. The highest BCUT2D eigenvalue weighted by atomic mass is 16.7. The maximum absolute atomic E-state index is 10.1. The minimum Gasteiger partial charge on any atom is -0.353 e. The van der Waals surface area contributed by atoms with Crippen LogP contribution in [0.4, 0.5) is 0 Å². The van der Waals surface area contributed by atoms with Crippen LogP contribution in [0.25, 0.3) is 0 Å². The molecular weight excluding hydrogens is 168 g/mol. The fraction of sp³-hybridized carbons (Fsp3) is 0.900. The molecule has 1 aliphatic heterocycles. The highest BCUT2D eigenvalue weighted by Gasteiger charge is 2.16. The van der Waals surface area contributed by atoms with Crippen LogP contribution < -0.4 is 0 Å². The summed E-state index contributed by atoms with van der Waals surface area (Å²) in [6.07, 6.45) is 5.72. The van der Waals surface area contributed by atoms with Gasteiger partial charge in [-0.25, -0.2) is 0 Å². The minimum atomic E-state index is -0.0320. The highest BCUT2D eigenvalue weighted by Crippen LogP contribution is 2.16. The predicted molar refractivity (Wildman–Crippen MR) is 49.4 cm³/mol. The van der Waals surface area contributed by atoms with Gasteiger partial charge < -0.3 is 14.3 Å². The largest absolute Gasteiger partial charge is 0.353 e. The summed E-state index contributed by atoms with van der Waals surface area (Å²) >= 11 is 0. The molecule has 2 atom stereocenters. The second-order valence-corrected chi connectivity index (χ2v) is 3.49. The van der Waals surface area contributed by atoms with Gasteiger partial charge >= 0.3 is 0 Å². The van der Waals surface area contributed by atoms with Crippen molar-refractivity contribution in [3.8, 4) is 0 Å². The smallest absolute Gasteiger partial charge is 0.157 e. The Hall–Kier alpha value is -0.410. The Kier molecular flexibility index (Phi) is 5.01.